The van der Waals surface area contributed by atoms with Crippen molar-refractivity contribution in [2.45, 2.75) is 42.7 Å². The van der Waals surface area contributed by atoms with Crippen molar-refractivity contribution in [1.82, 2.24) is 15.3 Å². The zero-order chi connectivity index (χ0) is 20.6. The standard InChI is InChI=1S/C20H21ClN4O2S2/c1-29(22,27)18-10-13(8-9-23-18)19(26)24-15-5-2-12(3-6-15)20-25-16-11-14(21)4-7-17(16)28-20/h4,7-12,15,22H,2-3,5-6H2,1H3,(H,24,26). The van der Waals surface area contributed by atoms with Crippen molar-refractivity contribution in [2.75, 3.05) is 6.26 Å². The molecule has 1 unspecified atom stereocenters. The number of nitrogens with zero attached hydrogens (tertiary/aromatic N) is 2. The van der Waals surface area contributed by atoms with Crippen LogP contribution in [0, 0.1) is 4.78 Å². The van der Waals surface area contributed by atoms with Gasteiger partial charge < -0.3 is 5.32 Å². The van der Waals surface area contributed by atoms with Gasteiger partial charge in [0.05, 0.1) is 25.0 Å². The maximum Gasteiger partial charge on any atom is 0.251 e. The second-order valence-electron chi connectivity index (χ2n) is 7.41. The number of hydrogen-bond donors (Lipinski definition) is 2. The maximum atomic E-state index is 12.6. The van der Waals surface area contributed by atoms with Crippen LogP contribution >= 0.6 is 22.9 Å². The van der Waals surface area contributed by atoms with E-state index in [0.29, 0.717) is 16.5 Å². The van der Waals surface area contributed by atoms with Crippen molar-refractivity contribution in [3.05, 3.63) is 52.1 Å². The van der Waals surface area contributed by atoms with E-state index in [2.05, 4.69) is 10.3 Å². The lowest BCUT2D eigenvalue weighted by Gasteiger charge is -2.28. The van der Waals surface area contributed by atoms with Gasteiger partial charge in [0.2, 0.25) is 0 Å². The van der Waals surface area contributed by atoms with E-state index < -0.39 is 9.73 Å². The average molecular weight is 449 g/mol. The smallest absolute Gasteiger partial charge is 0.251 e. The zero-order valence-corrected chi connectivity index (χ0v) is 18.2. The lowest BCUT2D eigenvalue weighted by molar-refractivity contribution is 0.0925. The van der Waals surface area contributed by atoms with Crippen LogP contribution in [0.15, 0.2) is 41.6 Å². The van der Waals surface area contributed by atoms with Gasteiger partial charge in [-0.25, -0.2) is 19.0 Å². The molecule has 2 aromatic heterocycles. The Hall–Kier alpha value is -2.03. The van der Waals surface area contributed by atoms with Gasteiger partial charge >= 0.3 is 0 Å². The highest BCUT2D eigenvalue weighted by Gasteiger charge is 2.26. The van der Waals surface area contributed by atoms with Gasteiger partial charge in [-0.1, -0.05) is 11.6 Å². The quantitative estimate of drug-likeness (QED) is 0.597. The highest BCUT2D eigenvalue weighted by atomic mass is 35.5. The summed E-state index contributed by atoms with van der Waals surface area (Å²) in [7, 11) is -2.95. The highest BCUT2D eigenvalue weighted by molar-refractivity contribution is 7.91. The summed E-state index contributed by atoms with van der Waals surface area (Å²) < 4.78 is 20.7. The molecular weight excluding hydrogens is 428 g/mol. The molecular formula is C20H21ClN4O2S2. The molecule has 9 heteroatoms. The molecule has 0 aliphatic heterocycles. The Bertz CT molecular complexity index is 1170. The van der Waals surface area contributed by atoms with Gasteiger partial charge in [0.15, 0.2) is 0 Å². The summed E-state index contributed by atoms with van der Waals surface area (Å²) in [5, 5.41) is 5.03. The molecule has 1 amide bonds. The van der Waals surface area contributed by atoms with E-state index in [1.165, 1.54) is 18.5 Å². The van der Waals surface area contributed by atoms with Crippen molar-refractivity contribution in [3.63, 3.8) is 0 Å². The summed E-state index contributed by atoms with van der Waals surface area (Å²) in [6.07, 6.45) is 6.43. The first-order valence-electron chi connectivity index (χ1n) is 9.36. The van der Waals surface area contributed by atoms with Crippen LogP contribution in [0.3, 0.4) is 0 Å². The number of thiazole rings is 1. The number of nitrogens with one attached hydrogen (secondary N) is 2. The number of hydrogen-bond acceptors (Lipinski definition) is 6. The predicted molar refractivity (Wildman–Crippen MR) is 116 cm³/mol. The second kappa shape index (κ2) is 8.01. The van der Waals surface area contributed by atoms with Gasteiger partial charge in [0.25, 0.3) is 5.91 Å². The molecule has 4 rings (SSSR count). The van der Waals surface area contributed by atoms with E-state index in [9.17, 15) is 9.00 Å². The highest BCUT2D eigenvalue weighted by Crippen LogP contribution is 2.37. The summed E-state index contributed by atoms with van der Waals surface area (Å²) in [5.74, 6) is 0.190. The van der Waals surface area contributed by atoms with Crippen LogP contribution < -0.4 is 5.32 Å². The van der Waals surface area contributed by atoms with Crippen molar-refractivity contribution in [2.24, 2.45) is 0 Å². The number of carbonyl (C=O) groups is 1. The van der Waals surface area contributed by atoms with Crippen LogP contribution in [-0.2, 0) is 9.73 Å². The fourth-order valence-electron chi connectivity index (χ4n) is 3.61. The first-order valence-corrected chi connectivity index (χ1v) is 12.5. The molecule has 0 radical (unpaired) electrons. The number of benzene rings is 1. The number of aromatic nitrogens is 2. The number of carbonyl (C=O) groups excluding carboxylic acids is 1. The molecule has 1 aliphatic carbocycles. The largest absolute Gasteiger partial charge is 0.349 e. The molecule has 2 heterocycles. The summed E-state index contributed by atoms with van der Waals surface area (Å²) in [4.78, 5) is 21.3. The van der Waals surface area contributed by atoms with Gasteiger partial charge in [-0.3, -0.25) is 4.79 Å². The van der Waals surface area contributed by atoms with Crippen LogP contribution in [0.4, 0.5) is 0 Å². The molecule has 1 saturated carbocycles. The Morgan fingerprint density at radius 2 is 2.00 bits per heavy atom. The predicted octanol–water partition coefficient (Wildman–Crippen LogP) is 4.84. The van der Waals surface area contributed by atoms with E-state index in [1.807, 2.05) is 18.2 Å². The molecule has 1 aromatic carbocycles. The van der Waals surface area contributed by atoms with Gasteiger partial charge in [0, 0.05) is 35.0 Å². The molecule has 1 atom stereocenters. The number of rotatable bonds is 4. The van der Waals surface area contributed by atoms with E-state index in [0.717, 1.165) is 40.9 Å². The van der Waals surface area contributed by atoms with Crippen molar-refractivity contribution in [3.8, 4) is 0 Å². The molecule has 0 spiro atoms. The molecule has 0 bridgehead atoms. The SMILES string of the molecule is CS(=N)(=O)c1cc(C(=O)NC2CCC(c3nc4cc(Cl)ccc4s3)CC2)ccn1. The minimum Gasteiger partial charge on any atom is -0.349 e. The number of amides is 1. The Kier molecular flexibility index (Phi) is 5.59. The van der Waals surface area contributed by atoms with E-state index in [1.54, 1.807) is 17.4 Å². The van der Waals surface area contributed by atoms with Crippen LogP contribution in [0.1, 0.15) is 47.0 Å². The molecule has 29 heavy (non-hydrogen) atoms. The van der Waals surface area contributed by atoms with Crippen molar-refractivity contribution < 1.29 is 9.00 Å². The molecule has 152 valence electrons. The van der Waals surface area contributed by atoms with Gasteiger partial charge in [-0.2, -0.15) is 0 Å². The van der Waals surface area contributed by atoms with Crippen LogP contribution in [0.2, 0.25) is 5.02 Å². The van der Waals surface area contributed by atoms with Crippen molar-refractivity contribution in [1.29, 1.82) is 4.78 Å². The van der Waals surface area contributed by atoms with Crippen LogP contribution in [-0.4, -0.2) is 32.4 Å². The van der Waals surface area contributed by atoms with Crippen molar-refractivity contribution >= 4 is 48.8 Å². The van der Waals surface area contributed by atoms with E-state index >= 15 is 0 Å². The first kappa shape index (κ1) is 20.3. The Morgan fingerprint density at radius 3 is 2.72 bits per heavy atom. The Labute approximate surface area is 178 Å². The first-order chi connectivity index (χ1) is 13.8. The second-order valence-corrected chi connectivity index (χ2v) is 11.0. The zero-order valence-electron chi connectivity index (χ0n) is 15.9. The normalized spacial score (nSPS) is 21.6. The third-order valence-electron chi connectivity index (χ3n) is 5.17. The van der Waals surface area contributed by atoms with Gasteiger partial charge in [0.1, 0.15) is 5.03 Å². The number of fused-ring (bicyclic) bond motifs is 1. The van der Waals surface area contributed by atoms with E-state index in [-0.39, 0.29) is 17.0 Å². The number of pyridine rings is 1. The lowest BCUT2D eigenvalue weighted by Crippen LogP contribution is -2.37. The van der Waals surface area contributed by atoms with Gasteiger partial charge in [-0.15, -0.1) is 11.3 Å². The minimum absolute atomic E-state index is 0.0983. The fraction of sp³-hybridized carbons (Fsp3) is 0.350. The third kappa shape index (κ3) is 4.60. The van der Waals surface area contributed by atoms with E-state index in [4.69, 9.17) is 21.4 Å². The topological polar surface area (TPSA) is 95.8 Å². The summed E-state index contributed by atoms with van der Waals surface area (Å²) in [5.41, 5.74) is 1.34. The van der Waals surface area contributed by atoms with Gasteiger partial charge in [-0.05, 0) is 56.0 Å². The average Bonchev–Trinajstić information content (AvgIpc) is 3.11. The fourth-order valence-corrected chi connectivity index (χ4v) is 5.51. The number of halogens is 1. The lowest BCUT2D eigenvalue weighted by atomic mass is 9.86. The molecule has 0 saturated heterocycles. The minimum atomic E-state index is -2.95. The summed E-state index contributed by atoms with van der Waals surface area (Å²) in [6, 6.07) is 8.93. The van der Waals surface area contributed by atoms with Crippen LogP contribution in [0.25, 0.3) is 10.2 Å². The molecule has 1 aliphatic rings. The Morgan fingerprint density at radius 1 is 1.24 bits per heavy atom. The molecule has 3 aromatic rings. The third-order valence-corrected chi connectivity index (χ3v) is 7.63. The Balaban J connectivity index is 1.39. The van der Waals surface area contributed by atoms with Crippen LogP contribution in [0.5, 0.6) is 0 Å². The summed E-state index contributed by atoms with van der Waals surface area (Å²) in [6.45, 7) is 0. The monoisotopic (exact) mass is 448 g/mol. The summed E-state index contributed by atoms with van der Waals surface area (Å²) >= 11 is 7.78. The molecule has 1 fully saturated rings. The molecule has 6 nitrogen and oxygen atoms in total. The maximum absolute atomic E-state index is 12.6. The molecule has 2 N–H and O–H groups in total.